The molecule has 176 valence electrons. The minimum atomic E-state index is 0.623. The summed E-state index contributed by atoms with van der Waals surface area (Å²) >= 11 is 6.44. The van der Waals surface area contributed by atoms with Crippen molar-refractivity contribution in [3.8, 4) is 56.3 Å². The summed E-state index contributed by atoms with van der Waals surface area (Å²) in [6.07, 6.45) is 3.26. The Balaban J connectivity index is 1.26. The first-order chi connectivity index (χ1) is 18.2. The highest BCUT2D eigenvalue weighted by molar-refractivity contribution is 6.33. The Labute approximate surface area is 220 Å². The Hall–Kier alpha value is -4.67. The van der Waals surface area contributed by atoms with E-state index in [1.54, 1.807) is 12.5 Å². The van der Waals surface area contributed by atoms with Gasteiger partial charge in [0.15, 0.2) is 11.6 Å². The molecule has 0 saturated heterocycles. The fraction of sp³-hybridized carbons (Fsp3) is 0. The molecule has 37 heavy (non-hydrogen) atoms. The minimum Gasteiger partial charge on any atom is -0.255 e. The van der Waals surface area contributed by atoms with E-state index in [1.807, 2.05) is 91.0 Å². The number of hydrogen-bond donors (Lipinski definition) is 0. The van der Waals surface area contributed by atoms with Gasteiger partial charge in [-0.15, -0.1) is 0 Å². The van der Waals surface area contributed by atoms with Crippen molar-refractivity contribution < 1.29 is 0 Å². The lowest BCUT2D eigenvalue weighted by Gasteiger charge is -2.09. The molecule has 2 aromatic heterocycles. The van der Waals surface area contributed by atoms with E-state index < -0.39 is 0 Å². The van der Waals surface area contributed by atoms with Gasteiger partial charge in [0.2, 0.25) is 0 Å². The van der Waals surface area contributed by atoms with Crippen molar-refractivity contribution in [1.82, 2.24) is 19.9 Å². The highest BCUT2D eigenvalue weighted by Gasteiger charge is 2.10. The Morgan fingerprint density at radius 1 is 0.459 bits per heavy atom. The van der Waals surface area contributed by atoms with Crippen LogP contribution in [0.4, 0.5) is 0 Å². The Morgan fingerprint density at radius 3 is 1.54 bits per heavy atom. The van der Waals surface area contributed by atoms with Crippen LogP contribution in [-0.2, 0) is 0 Å². The molecule has 0 saturated carbocycles. The maximum atomic E-state index is 6.44. The van der Waals surface area contributed by atoms with Crippen LogP contribution < -0.4 is 0 Å². The van der Waals surface area contributed by atoms with Crippen LogP contribution in [0.5, 0.6) is 0 Å². The van der Waals surface area contributed by atoms with E-state index in [4.69, 9.17) is 16.6 Å². The average molecular weight is 497 g/mol. The summed E-state index contributed by atoms with van der Waals surface area (Å²) in [6, 6.07) is 38.7. The van der Waals surface area contributed by atoms with Gasteiger partial charge in [-0.2, -0.15) is 0 Å². The molecule has 0 fully saturated rings. The van der Waals surface area contributed by atoms with Crippen LogP contribution in [0.2, 0.25) is 5.02 Å². The molecule has 0 amide bonds. The molecule has 0 spiro atoms. The quantitative estimate of drug-likeness (QED) is 0.241. The van der Waals surface area contributed by atoms with Gasteiger partial charge in [0.1, 0.15) is 6.33 Å². The first-order valence-electron chi connectivity index (χ1n) is 11.9. The molecule has 0 aliphatic rings. The second-order valence-corrected chi connectivity index (χ2v) is 8.98. The smallest absolute Gasteiger partial charge is 0.163 e. The van der Waals surface area contributed by atoms with Crippen LogP contribution in [0.25, 0.3) is 56.3 Å². The summed E-state index contributed by atoms with van der Waals surface area (Å²) in [4.78, 5) is 18.1. The number of rotatable bonds is 5. The third-order valence-electron chi connectivity index (χ3n) is 6.20. The van der Waals surface area contributed by atoms with Gasteiger partial charge in [-0.3, -0.25) is 4.98 Å². The fourth-order valence-electron chi connectivity index (χ4n) is 4.24. The van der Waals surface area contributed by atoms with Gasteiger partial charge in [0, 0.05) is 28.5 Å². The van der Waals surface area contributed by atoms with Crippen LogP contribution in [-0.4, -0.2) is 19.9 Å². The molecule has 5 heteroatoms. The van der Waals surface area contributed by atoms with Gasteiger partial charge in [0.25, 0.3) is 0 Å². The highest BCUT2D eigenvalue weighted by atomic mass is 35.5. The predicted octanol–water partition coefficient (Wildman–Crippen LogP) is 8.26. The minimum absolute atomic E-state index is 0.623. The summed E-state index contributed by atoms with van der Waals surface area (Å²) in [5, 5.41) is 0.626. The van der Waals surface area contributed by atoms with E-state index in [0.29, 0.717) is 16.7 Å². The van der Waals surface area contributed by atoms with Crippen LogP contribution >= 0.6 is 11.6 Å². The standard InChI is InChI=1S/C32H21ClN4/c33-29-20-34-30(19-28(29)24-9-5-2-6-10-24)25-13-17-27(18-14-25)32-36-21-35-31(37-32)26-15-11-23(12-16-26)22-7-3-1-4-8-22/h1-21H. The number of aromatic nitrogens is 4. The molecule has 6 rings (SSSR count). The molecule has 2 heterocycles. The molecule has 0 aliphatic heterocycles. The molecular weight excluding hydrogens is 476 g/mol. The van der Waals surface area contributed by atoms with E-state index in [-0.39, 0.29) is 0 Å². The van der Waals surface area contributed by atoms with E-state index in [0.717, 1.165) is 39.1 Å². The second kappa shape index (κ2) is 10.1. The van der Waals surface area contributed by atoms with Gasteiger partial charge in [-0.1, -0.05) is 121 Å². The summed E-state index contributed by atoms with van der Waals surface area (Å²) in [5.74, 6) is 1.26. The van der Waals surface area contributed by atoms with Crippen molar-refractivity contribution in [2.75, 3.05) is 0 Å². The molecule has 0 atom stereocenters. The maximum Gasteiger partial charge on any atom is 0.163 e. The van der Waals surface area contributed by atoms with Crippen LogP contribution in [0.3, 0.4) is 0 Å². The molecule has 0 bridgehead atoms. The summed E-state index contributed by atoms with van der Waals surface area (Å²) in [6.45, 7) is 0. The zero-order valence-electron chi connectivity index (χ0n) is 19.8. The molecule has 0 unspecified atom stereocenters. The molecule has 0 N–H and O–H groups in total. The summed E-state index contributed by atoms with van der Waals surface area (Å²) < 4.78 is 0. The van der Waals surface area contributed by atoms with Gasteiger partial charge in [-0.25, -0.2) is 15.0 Å². The average Bonchev–Trinajstić information content (AvgIpc) is 2.99. The zero-order valence-corrected chi connectivity index (χ0v) is 20.5. The first-order valence-corrected chi connectivity index (χ1v) is 12.3. The molecule has 0 aliphatic carbocycles. The number of nitrogens with zero attached hydrogens (tertiary/aromatic N) is 4. The van der Waals surface area contributed by atoms with Crippen molar-refractivity contribution in [2.45, 2.75) is 0 Å². The van der Waals surface area contributed by atoms with Gasteiger partial charge in [-0.05, 0) is 22.8 Å². The largest absolute Gasteiger partial charge is 0.255 e. The second-order valence-electron chi connectivity index (χ2n) is 8.57. The van der Waals surface area contributed by atoms with Crippen molar-refractivity contribution in [3.63, 3.8) is 0 Å². The lowest BCUT2D eigenvalue weighted by atomic mass is 10.0. The summed E-state index contributed by atoms with van der Waals surface area (Å²) in [7, 11) is 0. The number of halogens is 1. The van der Waals surface area contributed by atoms with Crippen molar-refractivity contribution >= 4 is 11.6 Å². The SMILES string of the molecule is Clc1cnc(-c2ccc(-c3ncnc(-c4ccc(-c5ccccc5)cc4)n3)cc2)cc1-c1ccccc1. The van der Waals surface area contributed by atoms with Gasteiger partial charge < -0.3 is 0 Å². The summed E-state index contributed by atoms with van der Waals surface area (Å²) in [5.41, 5.74) is 8.04. The van der Waals surface area contributed by atoms with Gasteiger partial charge >= 0.3 is 0 Å². The van der Waals surface area contributed by atoms with Crippen molar-refractivity contribution in [3.05, 3.63) is 133 Å². The van der Waals surface area contributed by atoms with Crippen LogP contribution in [0, 0.1) is 0 Å². The Bertz CT molecular complexity index is 1650. The number of benzene rings is 4. The molecule has 4 aromatic carbocycles. The monoisotopic (exact) mass is 496 g/mol. The molecule has 4 nitrogen and oxygen atoms in total. The topological polar surface area (TPSA) is 51.6 Å². The molecule has 0 radical (unpaired) electrons. The lowest BCUT2D eigenvalue weighted by Crippen LogP contribution is -1.95. The normalized spacial score (nSPS) is 10.8. The Morgan fingerprint density at radius 2 is 0.946 bits per heavy atom. The van der Waals surface area contributed by atoms with E-state index >= 15 is 0 Å². The van der Waals surface area contributed by atoms with Crippen LogP contribution in [0.1, 0.15) is 0 Å². The number of hydrogen-bond acceptors (Lipinski definition) is 4. The van der Waals surface area contributed by atoms with E-state index in [1.165, 1.54) is 5.56 Å². The molecule has 6 aromatic rings. The number of pyridine rings is 1. The Kier molecular flexibility index (Phi) is 6.24. The van der Waals surface area contributed by atoms with E-state index in [2.05, 4.69) is 39.2 Å². The first kappa shape index (κ1) is 22.8. The zero-order chi connectivity index (χ0) is 25.0. The van der Waals surface area contributed by atoms with Crippen molar-refractivity contribution in [2.24, 2.45) is 0 Å². The lowest BCUT2D eigenvalue weighted by molar-refractivity contribution is 1.07. The third-order valence-corrected chi connectivity index (χ3v) is 6.50. The van der Waals surface area contributed by atoms with E-state index in [9.17, 15) is 0 Å². The molecular formula is C32H21ClN4. The third kappa shape index (κ3) is 4.88. The maximum absolute atomic E-state index is 6.44. The van der Waals surface area contributed by atoms with Gasteiger partial charge in [0.05, 0.1) is 10.7 Å². The predicted molar refractivity (Wildman–Crippen MR) is 150 cm³/mol. The van der Waals surface area contributed by atoms with Crippen molar-refractivity contribution in [1.29, 1.82) is 0 Å². The fourth-order valence-corrected chi connectivity index (χ4v) is 4.45. The van der Waals surface area contributed by atoms with Crippen LogP contribution in [0.15, 0.2) is 128 Å². The highest BCUT2D eigenvalue weighted by Crippen LogP contribution is 2.31.